The number of aromatic amines is 1. The van der Waals surface area contributed by atoms with Crippen LogP contribution < -0.4 is 14.4 Å². The first-order valence-electron chi connectivity index (χ1n) is 12.6. The number of halogens is 1. The first-order chi connectivity index (χ1) is 17.9. The summed E-state index contributed by atoms with van der Waals surface area (Å²) in [5, 5.41) is 5.78. The summed E-state index contributed by atoms with van der Waals surface area (Å²) in [6.45, 7) is 12.2. The van der Waals surface area contributed by atoms with Crippen LogP contribution in [0.25, 0.3) is 11.3 Å². The number of ether oxygens (including phenoxy) is 1. The Morgan fingerprint density at radius 1 is 1.26 bits per heavy atom. The molecule has 0 aliphatic carbocycles. The summed E-state index contributed by atoms with van der Waals surface area (Å²) in [5.41, 5.74) is 0.974. The van der Waals surface area contributed by atoms with Crippen molar-refractivity contribution in [2.75, 3.05) is 24.6 Å². The van der Waals surface area contributed by atoms with Gasteiger partial charge in [-0.2, -0.15) is 13.5 Å². The first-order valence-corrected chi connectivity index (χ1v) is 14.1. The minimum Gasteiger partial charge on any atom is -0.493 e. The Bertz CT molecular complexity index is 1410. The molecule has 4 rings (SSSR count). The molecular formula is C27H34FN5O4S. The van der Waals surface area contributed by atoms with Gasteiger partial charge in [-0.1, -0.05) is 34.6 Å². The number of nitrogens with zero attached hydrogens (tertiary/aromatic N) is 3. The number of hydrogen-bond donors (Lipinski definition) is 2. The number of sulfonamides is 1. The molecule has 2 N–H and O–H groups in total. The molecule has 1 atom stereocenters. The third-order valence-corrected chi connectivity index (χ3v) is 8.19. The summed E-state index contributed by atoms with van der Waals surface area (Å²) < 4.78 is 47.7. The number of H-pyrrole nitrogens is 1. The number of anilines is 1. The number of rotatable bonds is 8. The summed E-state index contributed by atoms with van der Waals surface area (Å²) in [4.78, 5) is 20.1. The summed E-state index contributed by atoms with van der Waals surface area (Å²) >= 11 is 0. The number of aromatic nitrogens is 3. The predicted octanol–water partition coefficient (Wildman–Crippen LogP) is 4.64. The van der Waals surface area contributed by atoms with Gasteiger partial charge in [0.1, 0.15) is 17.4 Å². The van der Waals surface area contributed by atoms with Crippen LogP contribution in [0.1, 0.15) is 51.4 Å². The van der Waals surface area contributed by atoms with Gasteiger partial charge in [0.25, 0.3) is 15.9 Å². The zero-order valence-electron chi connectivity index (χ0n) is 22.3. The van der Waals surface area contributed by atoms with Gasteiger partial charge < -0.3 is 9.64 Å². The Kier molecular flexibility index (Phi) is 7.78. The molecular weight excluding hydrogens is 509 g/mol. The average molecular weight is 544 g/mol. The minimum atomic E-state index is -4.16. The predicted molar refractivity (Wildman–Crippen MR) is 143 cm³/mol. The van der Waals surface area contributed by atoms with Crippen LogP contribution in [-0.2, 0) is 10.0 Å². The third-order valence-electron chi connectivity index (χ3n) is 6.93. The van der Waals surface area contributed by atoms with Crippen LogP contribution in [0.4, 0.5) is 10.2 Å². The lowest BCUT2D eigenvalue weighted by atomic mass is 9.75. The highest BCUT2D eigenvalue weighted by molar-refractivity contribution is 7.90. The van der Waals surface area contributed by atoms with Crippen LogP contribution in [-0.4, -0.2) is 49.2 Å². The second-order valence-corrected chi connectivity index (χ2v) is 12.6. The van der Waals surface area contributed by atoms with Crippen LogP contribution in [0.2, 0.25) is 0 Å². The first kappa shape index (κ1) is 27.6. The Morgan fingerprint density at radius 3 is 2.68 bits per heavy atom. The molecule has 38 heavy (non-hydrogen) atoms. The van der Waals surface area contributed by atoms with Gasteiger partial charge >= 0.3 is 0 Å². The standard InChI is InChI=1S/C27H34FN5O4S/c1-17(2)15-37-21-13-19(12-20(28)14-21)23-7-6-22(26(34)32-38(35,36)24-8-10-29-31-24)25(30-23)33-11-9-18(3)27(4,5)16-33/h6-8,10,12-14,17-18H,9,11,15-16H2,1-5H3,(H,29,31)(H,32,34). The van der Waals surface area contributed by atoms with Crippen molar-refractivity contribution in [3.63, 3.8) is 0 Å². The van der Waals surface area contributed by atoms with Crippen LogP contribution in [0.3, 0.4) is 0 Å². The van der Waals surface area contributed by atoms with Gasteiger partial charge in [0.05, 0.1) is 24.1 Å². The van der Waals surface area contributed by atoms with Crippen molar-refractivity contribution in [1.82, 2.24) is 19.9 Å². The lowest BCUT2D eigenvalue weighted by Gasteiger charge is -2.44. The molecule has 3 aromatic rings. The van der Waals surface area contributed by atoms with E-state index in [-0.39, 0.29) is 21.9 Å². The van der Waals surface area contributed by atoms with Crippen molar-refractivity contribution in [3.8, 4) is 17.0 Å². The van der Waals surface area contributed by atoms with E-state index in [1.54, 1.807) is 12.1 Å². The number of nitrogens with one attached hydrogen (secondary N) is 2. The molecule has 11 heteroatoms. The summed E-state index contributed by atoms with van der Waals surface area (Å²) in [7, 11) is -4.16. The molecule has 3 heterocycles. The van der Waals surface area contributed by atoms with Gasteiger partial charge in [0.2, 0.25) is 0 Å². The monoisotopic (exact) mass is 543 g/mol. The van der Waals surface area contributed by atoms with Crippen molar-refractivity contribution in [3.05, 3.63) is 54.0 Å². The van der Waals surface area contributed by atoms with E-state index in [4.69, 9.17) is 9.72 Å². The fourth-order valence-electron chi connectivity index (χ4n) is 4.36. The third kappa shape index (κ3) is 6.15. The van der Waals surface area contributed by atoms with E-state index in [2.05, 4.69) is 35.7 Å². The maximum atomic E-state index is 14.5. The zero-order chi connectivity index (χ0) is 27.7. The topological polar surface area (TPSA) is 117 Å². The number of benzene rings is 1. The van der Waals surface area contributed by atoms with Crippen LogP contribution in [0.15, 0.2) is 47.6 Å². The Labute approximate surface area is 222 Å². The molecule has 0 saturated carbocycles. The molecule has 0 bridgehead atoms. The average Bonchev–Trinajstić information content (AvgIpc) is 3.40. The smallest absolute Gasteiger partial charge is 0.281 e. The van der Waals surface area contributed by atoms with Gasteiger partial charge in [-0.05, 0) is 54.0 Å². The van der Waals surface area contributed by atoms with Crippen molar-refractivity contribution < 1.29 is 22.3 Å². The van der Waals surface area contributed by atoms with Crippen molar-refractivity contribution in [2.24, 2.45) is 17.3 Å². The van der Waals surface area contributed by atoms with Gasteiger partial charge in [-0.25, -0.2) is 14.1 Å². The molecule has 1 fully saturated rings. The molecule has 1 saturated heterocycles. The number of hydrogen-bond acceptors (Lipinski definition) is 7. The van der Waals surface area contributed by atoms with Crippen LogP contribution in [0.5, 0.6) is 5.75 Å². The highest BCUT2D eigenvalue weighted by Gasteiger charge is 2.35. The SMILES string of the molecule is CC(C)COc1cc(F)cc(-c2ccc(C(=O)NS(=O)(=O)c3ccn[nH]3)c(N3CCC(C)C(C)(C)C3)n2)c1. The molecule has 1 aliphatic rings. The summed E-state index contributed by atoms with van der Waals surface area (Å²) in [6, 6.07) is 8.76. The van der Waals surface area contributed by atoms with E-state index in [0.717, 1.165) is 6.42 Å². The van der Waals surface area contributed by atoms with E-state index in [1.165, 1.54) is 30.5 Å². The summed E-state index contributed by atoms with van der Waals surface area (Å²) in [5.74, 6) is 0.164. The van der Waals surface area contributed by atoms with Crippen LogP contribution in [0, 0.1) is 23.1 Å². The minimum absolute atomic E-state index is 0.0671. The molecule has 1 aliphatic heterocycles. The Balaban J connectivity index is 1.74. The lowest BCUT2D eigenvalue weighted by Crippen LogP contribution is -2.46. The number of carbonyl (C=O) groups is 1. The lowest BCUT2D eigenvalue weighted by molar-refractivity contribution is 0.0980. The van der Waals surface area contributed by atoms with E-state index in [0.29, 0.717) is 48.4 Å². The van der Waals surface area contributed by atoms with E-state index >= 15 is 0 Å². The van der Waals surface area contributed by atoms with Crippen molar-refractivity contribution >= 4 is 21.7 Å². The van der Waals surface area contributed by atoms with Crippen molar-refractivity contribution in [1.29, 1.82) is 0 Å². The molecule has 204 valence electrons. The quantitative estimate of drug-likeness (QED) is 0.425. The van der Waals surface area contributed by atoms with E-state index in [1.807, 2.05) is 18.7 Å². The van der Waals surface area contributed by atoms with Gasteiger partial charge in [0.15, 0.2) is 5.03 Å². The normalized spacial score (nSPS) is 17.4. The van der Waals surface area contributed by atoms with Crippen LogP contribution >= 0.6 is 0 Å². The van der Waals surface area contributed by atoms with E-state index in [9.17, 15) is 17.6 Å². The fraction of sp³-hybridized carbons (Fsp3) is 0.444. The van der Waals surface area contributed by atoms with Gasteiger partial charge in [0, 0.05) is 24.7 Å². The highest BCUT2D eigenvalue weighted by Crippen LogP contribution is 2.38. The number of amides is 1. The summed E-state index contributed by atoms with van der Waals surface area (Å²) in [6.07, 6.45) is 2.16. The molecule has 0 spiro atoms. The Morgan fingerprint density at radius 2 is 2.03 bits per heavy atom. The number of piperidine rings is 1. The van der Waals surface area contributed by atoms with Crippen molar-refractivity contribution in [2.45, 2.75) is 46.1 Å². The molecule has 2 aromatic heterocycles. The fourth-order valence-corrected chi connectivity index (χ4v) is 5.23. The highest BCUT2D eigenvalue weighted by atomic mass is 32.2. The zero-order valence-corrected chi connectivity index (χ0v) is 23.1. The molecule has 1 unspecified atom stereocenters. The van der Waals surface area contributed by atoms with E-state index < -0.39 is 21.7 Å². The van der Waals surface area contributed by atoms with Gasteiger partial charge in [-0.15, -0.1) is 0 Å². The maximum absolute atomic E-state index is 14.5. The molecule has 0 radical (unpaired) electrons. The second-order valence-electron chi connectivity index (χ2n) is 10.9. The van der Waals surface area contributed by atoms with Gasteiger partial charge in [-0.3, -0.25) is 9.89 Å². The molecule has 1 aromatic carbocycles. The number of pyridine rings is 1. The maximum Gasteiger partial charge on any atom is 0.281 e. The second kappa shape index (κ2) is 10.7. The number of carbonyl (C=O) groups excluding carboxylic acids is 1. The molecule has 9 nitrogen and oxygen atoms in total. The molecule has 1 amide bonds. The Hall–Kier alpha value is -3.47. The largest absolute Gasteiger partial charge is 0.493 e.